The quantitative estimate of drug-likeness (QED) is 0.696. The molecule has 1 fully saturated rings. The van der Waals surface area contributed by atoms with E-state index in [0.717, 1.165) is 0 Å². The van der Waals surface area contributed by atoms with Crippen molar-refractivity contribution in [2.45, 2.75) is 37.1 Å². The second-order valence-corrected chi connectivity index (χ2v) is 8.91. The van der Waals surface area contributed by atoms with Gasteiger partial charge in [-0.15, -0.1) is 6.42 Å². The van der Waals surface area contributed by atoms with Crippen LogP contribution in [0.15, 0.2) is 29.2 Å². The first-order valence-corrected chi connectivity index (χ1v) is 10.9. The SMILES string of the molecule is C#CC(CC)(CC)NC(=O)CN1CCN(S(=O)(=O)c2ccccc2Cl)CC1. The van der Waals surface area contributed by atoms with Crippen LogP contribution < -0.4 is 5.32 Å². The summed E-state index contributed by atoms with van der Waals surface area (Å²) in [6, 6.07) is 6.42. The second-order valence-electron chi connectivity index (χ2n) is 6.59. The molecule has 1 heterocycles. The third-order valence-electron chi connectivity index (χ3n) is 5.02. The number of nitrogens with one attached hydrogen (secondary N) is 1. The largest absolute Gasteiger partial charge is 0.339 e. The molecule has 0 bridgehead atoms. The van der Waals surface area contributed by atoms with Crippen molar-refractivity contribution in [1.82, 2.24) is 14.5 Å². The Balaban J connectivity index is 1.95. The van der Waals surface area contributed by atoms with Crippen molar-refractivity contribution >= 4 is 27.5 Å². The first-order valence-electron chi connectivity index (χ1n) is 9.04. The number of benzene rings is 1. The summed E-state index contributed by atoms with van der Waals surface area (Å²) < 4.78 is 26.9. The molecular formula is C19H26ClN3O3S. The monoisotopic (exact) mass is 411 g/mol. The first-order chi connectivity index (χ1) is 12.8. The lowest BCUT2D eigenvalue weighted by molar-refractivity contribution is -0.123. The summed E-state index contributed by atoms with van der Waals surface area (Å²) in [7, 11) is -3.64. The number of piperazine rings is 1. The number of nitrogens with zero attached hydrogens (tertiary/aromatic N) is 2. The molecule has 8 heteroatoms. The van der Waals surface area contributed by atoms with E-state index >= 15 is 0 Å². The Morgan fingerprint density at radius 3 is 2.33 bits per heavy atom. The maximum Gasteiger partial charge on any atom is 0.244 e. The van der Waals surface area contributed by atoms with Gasteiger partial charge in [0.25, 0.3) is 0 Å². The summed E-state index contributed by atoms with van der Waals surface area (Å²) in [5.41, 5.74) is -0.619. The van der Waals surface area contributed by atoms with Crippen LogP contribution in [0.3, 0.4) is 0 Å². The topological polar surface area (TPSA) is 69.7 Å². The Bertz CT molecular complexity index is 808. The highest BCUT2D eigenvalue weighted by Crippen LogP contribution is 2.25. The van der Waals surface area contributed by atoms with Crippen molar-refractivity contribution in [3.8, 4) is 12.3 Å². The summed E-state index contributed by atoms with van der Waals surface area (Å²) in [4.78, 5) is 14.4. The van der Waals surface area contributed by atoms with Gasteiger partial charge in [-0.1, -0.05) is 43.5 Å². The van der Waals surface area contributed by atoms with Crippen LogP contribution in [0.4, 0.5) is 0 Å². The van der Waals surface area contributed by atoms with Crippen molar-refractivity contribution in [3.63, 3.8) is 0 Å². The molecule has 0 atom stereocenters. The van der Waals surface area contributed by atoms with Gasteiger partial charge in [0.05, 0.1) is 11.6 Å². The molecule has 0 saturated carbocycles. The zero-order valence-electron chi connectivity index (χ0n) is 15.7. The normalized spacial score (nSPS) is 16.7. The van der Waals surface area contributed by atoms with E-state index in [9.17, 15) is 13.2 Å². The zero-order chi connectivity index (χ0) is 20.1. The number of halogens is 1. The first kappa shape index (κ1) is 21.7. The van der Waals surface area contributed by atoms with Crippen molar-refractivity contribution in [2.24, 2.45) is 0 Å². The molecule has 2 rings (SSSR count). The lowest BCUT2D eigenvalue weighted by atomic mass is 9.94. The summed E-state index contributed by atoms with van der Waals surface area (Å²) >= 11 is 6.04. The Morgan fingerprint density at radius 1 is 1.22 bits per heavy atom. The molecule has 148 valence electrons. The summed E-state index contributed by atoms with van der Waals surface area (Å²) in [6.45, 7) is 5.65. The number of amides is 1. The molecule has 0 aliphatic carbocycles. The van der Waals surface area contributed by atoms with Crippen LogP contribution in [0.25, 0.3) is 0 Å². The predicted octanol–water partition coefficient (Wildman–Crippen LogP) is 1.95. The van der Waals surface area contributed by atoms with Crippen LogP contribution in [-0.2, 0) is 14.8 Å². The molecule has 0 aromatic heterocycles. The molecule has 1 aliphatic rings. The van der Waals surface area contributed by atoms with Gasteiger partial charge in [0.1, 0.15) is 10.4 Å². The second kappa shape index (κ2) is 9.07. The summed E-state index contributed by atoms with van der Waals surface area (Å²) in [6.07, 6.45) is 6.91. The van der Waals surface area contributed by atoms with E-state index in [0.29, 0.717) is 39.0 Å². The van der Waals surface area contributed by atoms with Gasteiger partial charge in [0, 0.05) is 26.2 Å². The van der Waals surface area contributed by atoms with Gasteiger partial charge >= 0.3 is 0 Å². The van der Waals surface area contributed by atoms with Gasteiger partial charge in [-0.3, -0.25) is 9.69 Å². The maximum atomic E-state index is 12.8. The standard InChI is InChI=1S/C19H26ClN3O3S/c1-4-19(5-2,6-3)21-18(24)15-22-11-13-23(14-12-22)27(25,26)17-10-8-7-9-16(17)20/h1,7-10H,5-6,11-15H2,2-3H3,(H,21,24). The molecule has 6 nitrogen and oxygen atoms in total. The molecule has 1 aromatic rings. The fourth-order valence-electron chi connectivity index (χ4n) is 3.10. The molecule has 1 amide bonds. The van der Waals surface area contributed by atoms with Gasteiger partial charge in [-0.25, -0.2) is 8.42 Å². The predicted molar refractivity (Wildman–Crippen MR) is 107 cm³/mol. The van der Waals surface area contributed by atoms with E-state index in [4.69, 9.17) is 18.0 Å². The molecule has 1 aromatic carbocycles. The Kier molecular flexibility index (Phi) is 7.29. The minimum Gasteiger partial charge on any atom is -0.339 e. The molecule has 0 spiro atoms. The van der Waals surface area contributed by atoms with Crippen molar-refractivity contribution in [2.75, 3.05) is 32.7 Å². The van der Waals surface area contributed by atoms with Gasteiger partial charge in [0.2, 0.25) is 15.9 Å². The highest BCUT2D eigenvalue weighted by molar-refractivity contribution is 7.89. The number of hydrogen-bond acceptors (Lipinski definition) is 4. The minimum absolute atomic E-state index is 0.113. The van der Waals surface area contributed by atoms with E-state index in [1.807, 2.05) is 18.7 Å². The van der Waals surface area contributed by atoms with Crippen LogP contribution in [0.2, 0.25) is 5.02 Å². The van der Waals surface area contributed by atoms with Gasteiger partial charge < -0.3 is 5.32 Å². The Morgan fingerprint density at radius 2 is 1.81 bits per heavy atom. The Labute approximate surface area is 166 Å². The Hall–Kier alpha value is -1.59. The number of hydrogen-bond donors (Lipinski definition) is 1. The number of rotatable bonds is 7. The van der Waals surface area contributed by atoms with Crippen molar-refractivity contribution in [1.29, 1.82) is 0 Å². The average molecular weight is 412 g/mol. The fraction of sp³-hybridized carbons (Fsp3) is 0.526. The van der Waals surface area contributed by atoms with Crippen molar-refractivity contribution in [3.05, 3.63) is 29.3 Å². The molecule has 0 unspecified atom stereocenters. The average Bonchev–Trinajstić information content (AvgIpc) is 2.67. The van der Waals surface area contributed by atoms with Crippen LogP contribution in [0.1, 0.15) is 26.7 Å². The third kappa shape index (κ3) is 5.02. The van der Waals surface area contributed by atoms with Crippen LogP contribution in [0, 0.1) is 12.3 Å². The maximum absolute atomic E-state index is 12.8. The van der Waals surface area contributed by atoms with Crippen molar-refractivity contribution < 1.29 is 13.2 Å². The third-order valence-corrected chi connectivity index (χ3v) is 7.41. The van der Waals surface area contributed by atoms with Crippen LogP contribution in [0.5, 0.6) is 0 Å². The van der Waals surface area contributed by atoms with E-state index in [-0.39, 0.29) is 22.4 Å². The number of terminal acetylenes is 1. The minimum atomic E-state index is -3.64. The highest BCUT2D eigenvalue weighted by Gasteiger charge is 2.31. The van der Waals surface area contributed by atoms with E-state index in [2.05, 4.69) is 11.2 Å². The summed E-state index contributed by atoms with van der Waals surface area (Å²) in [5.74, 6) is 2.54. The molecule has 0 radical (unpaired) electrons. The van der Waals surface area contributed by atoms with E-state index in [1.54, 1.807) is 18.2 Å². The van der Waals surface area contributed by atoms with E-state index < -0.39 is 15.6 Å². The van der Waals surface area contributed by atoms with Crippen LogP contribution in [-0.4, -0.2) is 61.8 Å². The number of sulfonamides is 1. The molecule has 1 saturated heterocycles. The molecule has 1 aliphatic heterocycles. The zero-order valence-corrected chi connectivity index (χ0v) is 17.3. The molecular weight excluding hydrogens is 386 g/mol. The van der Waals surface area contributed by atoms with Crippen LogP contribution >= 0.6 is 11.6 Å². The lowest BCUT2D eigenvalue weighted by Crippen LogP contribution is -2.54. The van der Waals surface area contributed by atoms with Gasteiger partial charge in [-0.2, -0.15) is 4.31 Å². The van der Waals surface area contributed by atoms with E-state index in [1.165, 1.54) is 10.4 Å². The summed E-state index contributed by atoms with van der Waals surface area (Å²) in [5, 5.41) is 3.15. The molecule has 1 N–H and O–H groups in total. The smallest absolute Gasteiger partial charge is 0.244 e. The van der Waals surface area contributed by atoms with Gasteiger partial charge in [-0.05, 0) is 25.0 Å². The fourth-order valence-corrected chi connectivity index (χ4v) is 5.01. The van der Waals surface area contributed by atoms with Gasteiger partial charge in [0.15, 0.2) is 0 Å². The molecule has 27 heavy (non-hydrogen) atoms. The number of carbonyl (C=O) groups excluding carboxylic acids is 1. The number of carbonyl (C=O) groups is 1. The lowest BCUT2D eigenvalue weighted by Gasteiger charge is -2.34. The highest BCUT2D eigenvalue weighted by atomic mass is 35.5.